The molecule has 0 radical (unpaired) electrons. The summed E-state index contributed by atoms with van der Waals surface area (Å²) in [5.74, 6) is 1.72. The SMILES string of the molecule is O=C(NCCc1ccc(Cl)cc1)c1ccc(Oc2c(Cl)cc3c(c2Br)OCCC3)cc1. The van der Waals surface area contributed by atoms with Crippen LogP contribution in [0.25, 0.3) is 0 Å². The van der Waals surface area contributed by atoms with Crippen molar-refractivity contribution in [1.82, 2.24) is 5.32 Å². The van der Waals surface area contributed by atoms with E-state index in [1.807, 2.05) is 30.3 Å². The number of carbonyl (C=O) groups excluding carboxylic acids is 1. The molecule has 1 aliphatic rings. The molecule has 1 aliphatic heterocycles. The summed E-state index contributed by atoms with van der Waals surface area (Å²) in [5.41, 5.74) is 2.74. The first-order valence-electron chi connectivity index (χ1n) is 9.95. The first kappa shape index (κ1) is 22.0. The molecule has 0 bridgehead atoms. The van der Waals surface area contributed by atoms with Crippen molar-refractivity contribution < 1.29 is 14.3 Å². The van der Waals surface area contributed by atoms with Gasteiger partial charge in [0.05, 0.1) is 11.6 Å². The van der Waals surface area contributed by atoms with Crippen molar-refractivity contribution in [3.63, 3.8) is 0 Å². The average molecular weight is 521 g/mol. The van der Waals surface area contributed by atoms with Crippen LogP contribution in [0.2, 0.25) is 10.0 Å². The summed E-state index contributed by atoms with van der Waals surface area (Å²) in [7, 11) is 0. The lowest BCUT2D eigenvalue weighted by Crippen LogP contribution is -2.25. The molecule has 0 saturated heterocycles. The Morgan fingerprint density at radius 2 is 1.84 bits per heavy atom. The zero-order valence-corrected chi connectivity index (χ0v) is 19.7. The first-order valence-corrected chi connectivity index (χ1v) is 11.5. The van der Waals surface area contributed by atoms with Gasteiger partial charge in [0.2, 0.25) is 0 Å². The lowest BCUT2D eigenvalue weighted by molar-refractivity contribution is 0.0954. The van der Waals surface area contributed by atoms with Crippen LogP contribution in [0.4, 0.5) is 0 Å². The predicted molar refractivity (Wildman–Crippen MR) is 127 cm³/mol. The van der Waals surface area contributed by atoms with Gasteiger partial charge in [0.1, 0.15) is 16.0 Å². The van der Waals surface area contributed by atoms with Crippen LogP contribution in [0.5, 0.6) is 17.2 Å². The van der Waals surface area contributed by atoms with Crippen LogP contribution in [-0.4, -0.2) is 19.1 Å². The number of benzene rings is 3. The van der Waals surface area contributed by atoms with Gasteiger partial charge in [0.25, 0.3) is 5.91 Å². The number of carbonyl (C=O) groups is 1. The molecular formula is C24H20BrCl2NO3. The van der Waals surface area contributed by atoms with Crippen molar-refractivity contribution in [2.24, 2.45) is 0 Å². The predicted octanol–water partition coefficient (Wildman–Crippen LogP) is 6.85. The highest BCUT2D eigenvalue weighted by atomic mass is 79.9. The highest BCUT2D eigenvalue weighted by Crippen LogP contribution is 2.46. The zero-order valence-electron chi connectivity index (χ0n) is 16.6. The minimum atomic E-state index is -0.137. The Labute approximate surface area is 199 Å². The molecular weight excluding hydrogens is 501 g/mol. The molecule has 160 valence electrons. The van der Waals surface area contributed by atoms with E-state index in [1.165, 1.54) is 0 Å². The molecule has 3 aromatic carbocycles. The summed E-state index contributed by atoms with van der Waals surface area (Å²) < 4.78 is 12.5. The monoisotopic (exact) mass is 519 g/mol. The molecule has 1 N–H and O–H groups in total. The van der Waals surface area contributed by atoms with E-state index in [4.69, 9.17) is 32.7 Å². The smallest absolute Gasteiger partial charge is 0.251 e. The van der Waals surface area contributed by atoms with Gasteiger partial charge in [-0.3, -0.25) is 4.79 Å². The van der Waals surface area contributed by atoms with Crippen molar-refractivity contribution in [1.29, 1.82) is 0 Å². The molecule has 4 rings (SSSR count). The van der Waals surface area contributed by atoms with Gasteiger partial charge < -0.3 is 14.8 Å². The molecule has 0 atom stereocenters. The van der Waals surface area contributed by atoms with Crippen molar-refractivity contribution in [3.8, 4) is 17.2 Å². The molecule has 0 spiro atoms. The zero-order chi connectivity index (χ0) is 21.8. The topological polar surface area (TPSA) is 47.6 Å². The highest BCUT2D eigenvalue weighted by molar-refractivity contribution is 9.10. The van der Waals surface area contributed by atoms with E-state index in [2.05, 4.69) is 21.2 Å². The van der Waals surface area contributed by atoms with Crippen LogP contribution in [0.3, 0.4) is 0 Å². The van der Waals surface area contributed by atoms with Crippen LogP contribution in [-0.2, 0) is 12.8 Å². The molecule has 3 aromatic rings. The van der Waals surface area contributed by atoms with Crippen molar-refractivity contribution in [2.75, 3.05) is 13.2 Å². The number of amides is 1. The molecule has 0 unspecified atom stereocenters. The van der Waals surface area contributed by atoms with Gasteiger partial charge >= 0.3 is 0 Å². The number of rotatable bonds is 6. The number of hydrogen-bond donors (Lipinski definition) is 1. The summed E-state index contributed by atoms with van der Waals surface area (Å²) in [6.07, 6.45) is 2.63. The minimum Gasteiger partial charge on any atom is -0.492 e. The number of nitrogens with one attached hydrogen (secondary N) is 1. The maximum Gasteiger partial charge on any atom is 0.251 e. The Hall–Kier alpha value is -2.21. The molecule has 31 heavy (non-hydrogen) atoms. The minimum absolute atomic E-state index is 0.137. The van der Waals surface area contributed by atoms with Crippen LogP contribution in [0.15, 0.2) is 59.1 Å². The van der Waals surface area contributed by atoms with Crippen molar-refractivity contribution in [3.05, 3.63) is 85.8 Å². The maximum atomic E-state index is 12.4. The third-order valence-electron chi connectivity index (χ3n) is 4.99. The van der Waals surface area contributed by atoms with Crippen molar-refractivity contribution >= 4 is 45.0 Å². The third-order valence-corrected chi connectivity index (χ3v) is 6.25. The van der Waals surface area contributed by atoms with Gasteiger partial charge in [0.15, 0.2) is 5.75 Å². The number of ether oxygens (including phenoxy) is 2. The summed E-state index contributed by atoms with van der Waals surface area (Å²) in [5, 5.41) is 4.14. The average Bonchev–Trinajstić information content (AvgIpc) is 2.78. The fourth-order valence-corrected chi connectivity index (χ4v) is 4.54. The fraction of sp³-hybridized carbons (Fsp3) is 0.208. The van der Waals surface area contributed by atoms with E-state index in [1.54, 1.807) is 24.3 Å². The normalized spacial score (nSPS) is 12.6. The second-order valence-corrected chi connectivity index (χ2v) is 8.84. The lowest BCUT2D eigenvalue weighted by atomic mass is 10.1. The third kappa shape index (κ3) is 5.35. The number of aryl methyl sites for hydroxylation is 1. The Bertz CT molecular complexity index is 1090. The quantitative estimate of drug-likeness (QED) is 0.386. The number of halogens is 3. The van der Waals surface area contributed by atoms with E-state index >= 15 is 0 Å². The summed E-state index contributed by atoms with van der Waals surface area (Å²) in [6, 6.07) is 16.4. The second-order valence-electron chi connectivity index (χ2n) is 7.20. The standard InChI is InChI=1S/C24H20BrCl2NO3/c25-21-22-17(2-1-13-30-22)14-20(27)23(21)31-19-9-5-16(6-10-19)24(29)28-12-11-15-3-7-18(26)8-4-15/h3-10,14H,1-2,11-13H2,(H,28,29). The van der Waals surface area contributed by atoms with E-state index in [0.717, 1.165) is 36.1 Å². The Kier molecular flexibility index (Phi) is 7.06. The highest BCUT2D eigenvalue weighted by Gasteiger charge is 2.21. The van der Waals surface area contributed by atoms with E-state index in [0.29, 0.717) is 44.7 Å². The Morgan fingerprint density at radius 1 is 1.10 bits per heavy atom. The summed E-state index contributed by atoms with van der Waals surface area (Å²) in [4.78, 5) is 12.4. The molecule has 0 aliphatic carbocycles. The molecule has 0 fully saturated rings. The molecule has 1 amide bonds. The fourth-order valence-electron chi connectivity index (χ4n) is 3.37. The van der Waals surface area contributed by atoms with Crippen LogP contribution in [0.1, 0.15) is 27.9 Å². The molecule has 4 nitrogen and oxygen atoms in total. The van der Waals surface area contributed by atoms with Gasteiger partial charge in [-0.1, -0.05) is 35.3 Å². The van der Waals surface area contributed by atoms with Gasteiger partial charge in [-0.15, -0.1) is 0 Å². The van der Waals surface area contributed by atoms with Crippen molar-refractivity contribution in [2.45, 2.75) is 19.3 Å². The van der Waals surface area contributed by atoms with Crippen LogP contribution < -0.4 is 14.8 Å². The Balaban J connectivity index is 1.38. The first-order chi connectivity index (χ1) is 15.0. The van der Waals surface area contributed by atoms with Gasteiger partial charge in [-0.05, 0) is 88.8 Å². The second kappa shape index (κ2) is 9.94. The number of fused-ring (bicyclic) bond motifs is 1. The summed E-state index contributed by atoms with van der Waals surface area (Å²) in [6.45, 7) is 1.21. The maximum absolute atomic E-state index is 12.4. The van der Waals surface area contributed by atoms with Gasteiger partial charge in [-0.25, -0.2) is 0 Å². The Morgan fingerprint density at radius 3 is 2.58 bits per heavy atom. The molecule has 0 aromatic heterocycles. The molecule has 0 saturated carbocycles. The largest absolute Gasteiger partial charge is 0.492 e. The summed E-state index contributed by atoms with van der Waals surface area (Å²) >= 11 is 15.9. The lowest BCUT2D eigenvalue weighted by Gasteiger charge is -2.21. The number of hydrogen-bond acceptors (Lipinski definition) is 3. The van der Waals surface area contributed by atoms with E-state index in [9.17, 15) is 4.79 Å². The van der Waals surface area contributed by atoms with E-state index < -0.39 is 0 Å². The van der Waals surface area contributed by atoms with Gasteiger partial charge in [0, 0.05) is 17.1 Å². The van der Waals surface area contributed by atoms with E-state index in [-0.39, 0.29) is 5.91 Å². The molecule has 1 heterocycles. The van der Waals surface area contributed by atoms with Crippen LogP contribution in [0, 0.1) is 0 Å². The van der Waals surface area contributed by atoms with Crippen LogP contribution >= 0.6 is 39.1 Å². The van der Waals surface area contributed by atoms with Gasteiger partial charge in [-0.2, -0.15) is 0 Å². The molecule has 7 heteroatoms.